The molecule has 0 aliphatic carbocycles. The van der Waals surface area contributed by atoms with Gasteiger partial charge in [0.1, 0.15) is 18.5 Å². The Hall–Kier alpha value is -2.02. The van der Waals surface area contributed by atoms with E-state index in [1.165, 1.54) is 0 Å². The molecule has 0 saturated carbocycles. The second-order valence-electron chi connectivity index (χ2n) is 5.79. The van der Waals surface area contributed by atoms with Crippen molar-refractivity contribution >= 4 is 22.1 Å². The number of allylic oxidation sites excluding steroid dienone is 1. The lowest BCUT2D eigenvalue weighted by Gasteiger charge is -2.32. The third kappa shape index (κ3) is 3.90. The summed E-state index contributed by atoms with van der Waals surface area (Å²) in [6.07, 6.45) is 8.99. The molecule has 0 saturated heterocycles. The highest BCUT2D eigenvalue weighted by Gasteiger charge is 2.32. The molecule has 1 aromatic carbocycles. The Labute approximate surface area is 149 Å². The summed E-state index contributed by atoms with van der Waals surface area (Å²) in [7, 11) is 0. The molecule has 2 atom stereocenters. The van der Waals surface area contributed by atoms with Crippen LogP contribution in [0.15, 0.2) is 64.3 Å². The van der Waals surface area contributed by atoms with Gasteiger partial charge in [0.25, 0.3) is 0 Å². The van der Waals surface area contributed by atoms with Crippen LogP contribution in [-0.4, -0.2) is 22.9 Å². The van der Waals surface area contributed by atoms with Crippen molar-refractivity contribution in [1.82, 2.24) is 4.98 Å². The fourth-order valence-electron chi connectivity index (χ4n) is 2.57. The third-order valence-electron chi connectivity index (χ3n) is 3.93. The van der Waals surface area contributed by atoms with Crippen molar-refractivity contribution in [1.29, 1.82) is 0 Å². The molecule has 2 aromatic rings. The monoisotopic (exact) mass is 386 g/mol. The molecule has 0 bridgehead atoms. The summed E-state index contributed by atoms with van der Waals surface area (Å²) in [5.74, 6) is 0.780. The summed E-state index contributed by atoms with van der Waals surface area (Å²) in [5.41, 5.74) is 13.8. The van der Waals surface area contributed by atoms with E-state index in [-0.39, 0.29) is 0 Å². The van der Waals surface area contributed by atoms with Crippen molar-refractivity contribution in [3.63, 3.8) is 0 Å². The van der Waals surface area contributed by atoms with E-state index >= 15 is 0 Å². The van der Waals surface area contributed by atoms with Crippen LogP contribution in [0.4, 0.5) is 0 Å². The van der Waals surface area contributed by atoms with Crippen LogP contribution in [0.5, 0.6) is 5.75 Å². The molecule has 1 aromatic heterocycles. The lowest BCUT2D eigenvalue weighted by Crippen LogP contribution is -2.55. The van der Waals surface area contributed by atoms with Gasteiger partial charge in [0, 0.05) is 35.1 Å². The quantitative estimate of drug-likeness (QED) is 0.826. The van der Waals surface area contributed by atoms with Gasteiger partial charge in [0.05, 0.1) is 5.54 Å². The zero-order valence-electron chi connectivity index (χ0n) is 13.1. The third-order valence-corrected chi connectivity index (χ3v) is 4.42. The lowest BCUT2D eigenvalue weighted by molar-refractivity contribution is 0.299. The second-order valence-corrected chi connectivity index (χ2v) is 6.71. The van der Waals surface area contributed by atoms with Gasteiger partial charge in [0.15, 0.2) is 0 Å². The topological polar surface area (TPSA) is 86.5 Å². The molecule has 3 rings (SSSR count). The number of halogens is 1. The molecule has 5 nitrogen and oxygen atoms in total. The van der Waals surface area contributed by atoms with E-state index in [1.54, 1.807) is 18.6 Å². The maximum absolute atomic E-state index is 6.45. The molecular formula is C18H19BrN4O. The Balaban J connectivity index is 1.81. The molecule has 24 heavy (non-hydrogen) atoms. The first kappa shape index (κ1) is 16.8. The number of nitrogens with two attached hydrogens (primary N) is 2. The van der Waals surface area contributed by atoms with Crippen LogP contribution < -0.4 is 16.2 Å². The average molecular weight is 387 g/mol. The number of hydrogen-bond donors (Lipinski definition) is 2. The first-order valence-corrected chi connectivity index (χ1v) is 8.42. The summed E-state index contributed by atoms with van der Waals surface area (Å²) in [4.78, 5) is 8.30. The maximum atomic E-state index is 6.45. The number of aliphatic imine (C=N–C) groups is 1. The number of dihydropyridines is 1. The van der Waals surface area contributed by atoms with Gasteiger partial charge >= 0.3 is 0 Å². The Morgan fingerprint density at radius 3 is 2.92 bits per heavy atom. The number of pyridine rings is 1. The van der Waals surface area contributed by atoms with Crippen LogP contribution >= 0.6 is 15.9 Å². The Kier molecular flexibility index (Phi) is 5.08. The fraction of sp³-hybridized carbons (Fsp3) is 0.222. The summed E-state index contributed by atoms with van der Waals surface area (Å²) in [6, 6.07) is 9.75. The zero-order chi connectivity index (χ0) is 17.0. The van der Waals surface area contributed by atoms with Gasteiger partial charge in [-0.25, -0.2) is 0 Å². The minimum Gasteiger partial charge on any atom is -0.489 e. The highest BCUT2D eigenvalue weighted by Crippen LogP contribution is 2.29. The van der Waals surface area contributed by atoms with Crippen LogP contribution in [0.2, 0.25) is 0 Å². The Bertz CT molecular complexity index is 763. The van der Waals surface area contributed by atoms with Crippen LogP contribution in [0.1, 0.15) is 11.1 Å². The molecule has 6 heteroatoms. The van der Waals surface area contributed by atoms with Gasteiger partial charge in [-0.05, 0) is 35.9 Å². The summed E-state index contributed by atoms with van der Waals surface area (Å²) >= 11 is 3.50. The van der Waals surface area contributed by atoms with Crippen LogP contribution in [-0.2, 0) is 13.0 Å². The van der Waals surface area contributed by atoms with E-state index in [0.717, 1.165) is 21.3 Å². The lowest BCUT2D eigenvalue weighted by atomic mass is 9.87. The number of rotatable bonds is 5. The molecule has 4 N–H and O–H groups in total. The van der Waals surface area contributed by atoms with Gasteiger partial charge in [-0.2, -0.15) is 0 Å². The highest BCUT2D eigenvalue weighted by molar-refractivity contribution is 9.10. The standard InChI is InChI=1S/C18H19BrN4O/c19-15-4-5-16(24-12-13-3-1-7-22-11-13)14(9-15)10-18(21)6-2-8-23-17(18)20/h1-9,11,17H,10,12,20-21H2. The number of hydrogen-bond acceptors (Lipinski definition) is 5. The molecule has 2 heterocycles. The predicted octanol–water partition coefficient (Wildman–Crippen LogP) is 2.59. The van der Waals surface area contributed by atoms with E-state index in [2.05, 4.69) is 25.9 Å². The van der Waals surface area contributed by atoms with E-state index < -0.39 is 11.7 Å². The van der Waals surface area contributed by atoms with Crippen molar-refractivity contribution in [3.8, 4) is 5.75 Å². The first-order valence-electron chi connectivity index (χ1n) is 7.62. The first-order chi connectivity index (χ1) is 11.6. The molecule has 1 aliphatic heterocycles. The number of nitrogens with zero attached hydrogens (tertiary/aromatic N) is 2. The Morgan fingerprint density at radius 1 is 1.29 bits per heavy atom. The van der Waals surface area contributed by atoms with Gasteiger partial charge in [-0.1, -0.05) is 28.1 Å². The number of ether oxygens (including phenoxy) is 1. The molecule has 124 valence electrons. The van der Waals surface area contributed by atoms with Crippen molar-refractivity contribution < 1.29 is 4.74 Å². The minimum absolute atomic E-state index is 0.445. The molecule has 0 fully saturated rings. The second kappa shape index (κ2) is 7.25. The molecule has 0 amide bonds. The molecule has 0 radical (unpaired) electrons. The molecule has 0 spiro atoms. The van der Waals surface area contributed by atoms with Crippen molar-refractivity contribution in [2.45, 2.75) is 24.7 Å². The fourth-order valence-corrected chi connectivity index (χ4v) is 2.98. The molecule has 1 aliphatic rings. The molecule has 2 unspecified atom stereocenters. The van der Waals surface area contributed by atoms with E-state index in [1.807, 2.05) is 42.5 Å². The van der Waals surface area contributed by atoms with Crippen LogP contribution in [0.25, 0.3) is 0 Å². The largest absolute Gasteiger partial charge is 0.489 e. The SMILES string of the molecule is NC1N=CC=CC1(N)Cc1cc(Br)ccc1OCc1cccnc1. The smallest absolute Gasteiger partial charge is 0.123 e. The Morgan fingerprint density at radius 2 is 2.17 bits per heavy atom. The summed E-state index contributed by atoms with van der Waals surface area (Å²) in [5, 5.41) is 0. The van der Waals surface area contributed by atoms with Crippen molar-refractivity contribution in [2.75, 3.05) is 0 Å². The van der Waals surface area contributed by atoms with Gasteiger partial charge in [-0.15, -0.1) is 0 Å². The average Bonchev–Trinajstić information content (AvgIpc) is 2.58. The predicted molar refractivity (Wildman–Crippen MR) is 98.9 cm³/mol. The van der Waals surface area contributed by atoms with Crippen LogP contribution in [0.3, 0.4) is 0 Å². The van der Waals surface area contributed by atoms with E-state index in [4.69, 9.17) is 16.2 Å². The molecular weight excluding hydrogens is 368 g/mol. The zero-order valence-corrected chi connectivity index (χ0v) is 14.7. The van der Waals surface area contributed by atoms with Gasteiger partial charge < -0.3 is 16.2 Å². The van der Waals surface area contributed by atoms with Crippen molar-refractivity contribution in [3.05, 3.63) is 70.5 Å². The van der Waals surface area contributed by atoms with Crippen molar-refractivity contribution in [2.24, 2.45) is 16.5 Å². The normalized spacial score (nSPS) is 22.5. The minimum atomic E-state index is -0.734. The number of benzene rings is 1. The van der Waals surface area contributed by atoms with Gasteiger partial charge in [-0.3, -0.25) is 9.98 Å². The highest BCUT2D eigenvalue weighted by atomic mass is 79.9. The van der Waals surface area contributed by atoms with E-state index in [0.29, 0.717) is 13.0 Å². The summed E-state index contributed by atoms with van der Waals surface area (Å²) in [6.45, 7) is 0.445. The number of aromatic nitrogens is 1. The maximum Gasteiger partial charge on any atom is 0.123 e. The summed E-state index contributed by atoms with van der Waals surface area (Å²) < 4.78 is 6.94. The van der Waals surface area contributed by atoms with E-state index in [9.17, 15) is 0 Å². The van der Waals surface area contributed by atoms with Crippen LogP contribution in [0, 0.1) is 0 Å². The van der Waals surface area contributed by atoms with Gasteiger partial charge in [0.2, 0.25) is 0 Å².